The predicted octanol–water partition coefficient (Wildman–Crippen LogP) is 5.09. The zero-order valence-electron chi connectivity index (χ0n) is 16.2. The first-order valence-corrected chi connectivity index (χ1v) is 10.6. The van der Waals surface area contributed by atoms with E-state index in [0.29, 0.717) is 5.92 Å². The molecule has 0 radical (unpaired) electrons. The van der Waals surface area contributed by atoms with Gasteiger partial charge in [-0.05, 0) is 68.2 Å². The molecule has 2 N–H and O–H groups in total. The summed E-state index contributed by atoms with van der Waals surface area (Å²) in [6.45, 7) is 3.19. The van der Waals surface area contributed by atoms with E-state index < -0.39 is 0 Å². The number of aromatic nitrogens is 1. The Kier molecular flexibility index (Phi) is 5.02. The van der Waals surface area contributed by atoms with Gasteiger partial charge in [-0.1, -0.05) is 17.7 Å². The molecule has 1 saturated heterocycles. The Morgan fingerprint density at radius 3 is 2.90 bits per heavy atom. The monoisotopic (exact) mass is 410 g/mol. The van der Waals surface area contributed by atoms with Crippen LogP contribution in [0.1, 0.15) is 24.0 Å². The molecular weight excluding hydrogens is 387 g/mol. The summed E-state index contributed by atoms with van der Waals surface area (Å²) in [5.74, 6) is 0.336. The largest absolute Gasteiger partial charge is 0.363 e. The molecule has 5 rings (SSSR count). The van der Waals surface area contributed by atoms with E-state index in [4.69, 9.17) is 16.6 Å². The summed E-state index contributed by atoms with van der Waals surface area (Å²) in [4.78, 5) is 10.4. The second-order valence-corrected chi connectivity index (χ2v) is 8.41. The molecular formula is C23H24ClFN4. The van der Waals surface area contributed by atoms with Crippen LogP contribution in [0.2, 0.25) is 5.02 Å². The molecule has 150 valence electrons. The molecule has 0 spiro atoms. The van der Waals surface area contributed by atoms with Crippen LogP contribution in [0.4, 0.5) is 10.1 Å². The van der Waals surface area contributed by atoms with Crippen LogP contribution >= 0.6 is 11.6 Å². The molecule has 2 aliphatic heterocycles. The Morgan fingerprint density at radius 2 is 2.03 bits per heavy atom. The Balaban J connectivity index is 1.16. The Bertz CT molecular complexity index is 1050. The van der Waals surface area contributed by atoms with E-state index in [0.717, 1.165) is 66.1 Å². The van der Waals surface area contributed by atoms with Gasteiger partial charge >= 0.3 is 0 Å². The van der Waals surface area contributed by atoms with Gasteiger partial charge in [-0.2, -0.15) is 0 Å². The van der Waals surface area contributed by atoms with Crippen LogP contribution in [-0.2, 0) is 6.42 Å². The number of hydrogen-bond acceptors (Lipinski definition) is 3. The van der Waals surface area contributed by atoms with Crippen molar-refractivity contribution in [2.45, 2.75) is 25.4 Å². The van der Waals surface area contributed by atoms with Crippen LogP contribution in [0.5, 0.6) is 0 Å². The average molecular weight is 411 g/mol. The second kappa shape index (κ2) is 7.81. The highest BCUT2D eigenvalue weighted by Crippen LogP contribution is 2.31. The van der Waals surface area contributed by atoms with Crippen molar-refractivity contribution in [1.82, 2.24) is 9.88 Å². The van der Waals surface area contributed by atoms with Gasteiger partial charge in [0, 0.05) is 47.0 Å². The highest BCUT2D eigenvalue weighted by molar-refractivity contribution is 6.33. The molecule has 1 fully saturated rings. The lowest BCUT2D eigenvalue weighted by Gasteiger charge is -2.36. The van der Waals surface area contributed by atoms with Gasteiger partial charge in [0.15, 0.2) is 0 Å². The van der Waals surface area contributed by atoms with E-state index in [1.807, 2.05) is 30.6 Å². The third-order valence-electron chi connectivity index (χ3n) is 6.23. The van der Waals surface area contributed by atoms with Crippen molar-refractivity contribution >= 4 is 34.4 Å². The number of benzene rings is 2. The Hall–Kier alpha value is -2.37. The molecule has 4 nitrogen and oxygen atoms in total. The van der Waals surface area contributed by atoms with E-state index in [2.05, 4.69) is 21.3 Å². The average Bonchev–Trinajstić information content (AvgIpc) is 3.14. The molecule has 0 aliphatic carbocycles. The maximum absolute atomic E-state index is 13.4. The SMILES string of the molecule is Fc1ccc2c(CCN3CCC(C4N=Cc5c(Cl)cccc5N4)CC3)c[nH]c2c1. The maximum Gasteiger partial charge on any atom is 0.125 e. The number of anilines is 1. The van der Waals surface area contributed by atoms with Gasteiger partial charge in [0.25, 0.3) is 0 Å². The molecule has 0 bridgehead atoms. The van der Waals surface area contributed by atoms with Crippen molar-refractivity contribution < 1.29 is 4.39 Å². The third-order valence-corrected chi connectivity index (χ3v) is 6.56. The number of nitrogens with zero attached hydrogens (tertiary/aromatic N) is 2. The van der Waals surface area contributed by atoms with Crippen LogP contribution in [0.25, 0.3) is 10.9 Å². The summed E-state index contributed by atoms with van der Waals surface area (Å²) in [5, 5.41) is 5.43. The minimum absolute atomic E-state index is 0.131. The smallest absolute Gasteiger partial charge is 0.125 e. The molecule has 0 amide bonds. The van der Waals surface area contributed by atoms with Crippen molar-refractivity contribution in [3.8, 4) is 0 Å². The molecule has 1 aromatic heterocycles. The lowest BCUT2D eigenvalue weighted by atomic mass is 9.92. The number of hydrogen-bond donors (Lipinski definition) is 2. The Morgan fingerprint density at radius 1 is 1.17 bits per heavy atom. The summed E-state index contributed by atoms with van der Waals surface area (Å²) in [5.41, 5.74) is 4.20. The zero-order valence-corrected chi connectivity index (χ0v) is 16.9. The second-order valence-electron chi connectivity index (χ2n) is 8.00. The van der Waals surface area contributed by atoms with E-state index in [1.165, 1.54) is 11.6 Å². The fourth-order valence-corrected chi connectivity index (χ4v) is 4.74. The predicted molar refractivity (Wildman–Crippen MR) is 118 cm³/mol. The molecule has 6 heteroatoms. The molecule has 3 heterocycles. The van der Waals surface area contributed by atoms with E-state index >= 15 is 0 Å². The molecule has 0 saturated carbocycles. The number of aromatic amines is 1. The standard InChI is InChI=1S/C23H24ClFN4/c24-20-2-1-3-21-19(20)14-27-23(28-21)15-6-9-29(10-7-15)11-8-16-13-26-22-12-17(25)4-5-18(16)22/h1-5,12-15,23,26,28H,6-11H2. The lowest BCUT2D eigenvalue weighted by molar-refractivity contribution is 0.176. The number of aliphatic imine (C=N–C) groups is 1. The van der Waals surface area contributed by atoms with Crippen molar-refractivity contribution in [2.24, 2.45) is 10.9 Å². The number of H-pyrrole nitrogens is 1. The number of fused-ring (bicyclic) bond motifs is 2. The van der Waals surface area contributed by atoms with Gasteiger partial charge in [0.2, 0.25) is 0 Å². The fraction of sp³-hybridized carbons (Fsp3) is 0.348. The van der Waals surface area contributed by atoms with E-state index in [-0.39, 0.29) is 12.0 Å². The molecule has 2 aromatic carbocycles. The van der Waals surface area contributed by atoms with Gasteiger partial charge in [-0.15, -0.1) is 0 Å². The van der Waals surface area contributed by atoms with Crippen LogP contribution < -0.4 is 5.32 Å². The molecule has 3 aromatic rings. The molecule has 2 aliphatic rings. The topological polar surface area (TPSA) is 43.4 Å². The van der Waals surface area contributed by atoms with Crippen LogP contribution in [0, 0.1) is 11.7 Å². The van der Waals surface area contributed by atoms with Gasteiger partial charge in [0.05, 0.1) is 5.02 Å². The molecule has 1 atom stereocenters. The minimum atomic E-state index is -0.197. The lowest BCUT2D eigenvalue weighted by Crippen LogP contribution is -2.41. The fourth-order valence-electron chi connectivity index (χ4n) is 4.52. The maximum atomic E-state index is 13.4. The van der Waals surface area contributed by atoms with Gasteiger partial charge in [-0.3, -0.25) is 4.99 Å². The van der Waals surface area contributed by atoms with Gasteiger partial charge in [-0.25, -0.2) is 4.39 Å². The highest BCUT2D eigenvalue weighted by Gasteiger charge is 2.28. The first kappa shape index (κ1) is 18.6. The van der Waals surface area contributed by atoms with Gasteiger partial charge < -0.3 is 15.2 Å². The van der Waals surface area contributed by atoms with Crippen molar-refractivity contribution in [3.63, 3.8) is 0 Å². The number of halogens is 2. The summed E-state index contributed by atoms with van der Waals surface area (Å²) < 4.78 is 13.4. The third kappa shape index (κ3) is 3.77. The molecule has 1 unspecified atom stereocenters. The quantitative estimate of drug-likeness (QED) is 0.629. The number of likely N-dealkylation sites (tertiary alicyclic amines) is 1. The number of rotatable bonds is 4. The first-order chi connectivity index (χ1) is 14.2. The summed E-state index contributed by atoms with van der Waals surface area (Å²) >= 11 is 6.26. The normalized spacial score (nSPS) is 20.0. The summed E-state index contributed by atoms with van der Waals surface area (Å²) in [7, 11) is 0. The van der Waals surface area contributed by atoms with E-state index in [9.17, 15) is 4.39 Å². The van der Waals surface area contributed by atoms with Crippen LogP contribution in [-0.4, -0.2) is 41.9 Å². The van der Waals surface area contributed by atoms with Crippen LogP contribution in [0.15, 0.2) is 47.6 Å². The Labute approximate surface area is 174 Å². The summed E-state index contributed by atoms with van der Waals surface area (Å²) in [6.07, 6.45) is 7.30. The van der Waals surface area contributed by atoms with Gasteiger partial charge in [0.1, 0.15) is 12.0 Å². The number of piperidine rings is 1. The zero-order chi connectivity index (χ0) is 19.8. The molecule has 29 heavy (non-hydrogen) atoms. The summed E-state index contributed by atoms with van der Waals surface area (Å²) in [6, 6.07) is 10.9. The highest BCUT2D eigenvalue weighted by atomic mass is 35.5. The number of nitrogens with one attached hydrogen (secondary N) is 2. The minimum Gasteiger partial charge on any atom is -0.363 e. The van der Waals surface area contributed by atoms with Crippen molar-refractivity contribution in [3.05, 3.63) is 64.6 Å². The van der Waals surface area contributed by atoms with Crippen LogP contribution in [0.3, 0.4) is 0 Å². The van der Waals surface area contributed by atoms with E-state index in [1.54, 1.807) is 6.07 Å². The van der Waals surface area contributed by atoms with Crippen molar-refractivity contribution in [1.29, 1.82) is 0 Å². The first-order valence-electron chi connectivity index (χ1n) is 10.2. The van der Waals surface area contributed by atoms with Crippen molar-refractivity contribution in [2.75, 3.05) is 25.0 Å².